The molecular formula is C50H62Cl4Fe2N10O20+2. The summed E-state index contributed by atoms with van der Waals surface area (Å²) in [6.45, 7) is 14.3. The molecule has 0 saturated heterocycles. The van der Waals surface area contributed by atoms with Crippen LogP contribution in [0.3, 0.4) is 0 Å². The third kappa shape index (κ3) is 48.1. The zero-order chi connectivity index (χ0) is 61.7. The molecule has 30 nitrogen and oxygen atoms in total. The molecular weight excluding hydrogens is 1310 g/mol. The van der Waals surface area contributed by atoms with Crippen molar-refractivity contribution in [2.45, 2.75) is 52.4 Å². The van der Waals surface area contributed by atoms with Crippen LogP contribution >= 0.6 is 0 Å². The second kappa shape index (κ2) is 44.6. The second-order valence-electron chi connectivity index (χ2n) is 17.3. The standard InChI is InChI=1S/2C25H31N5O2.4ClHO4.2Fe/c2*1-3-10-26-22(6-1)18-29-12-14-31-16-17-32-15-13-30(19-23-7-2-4-11-27-23)21-25-9-5-8-24(20-29)28-25;4*2-1(3,4)5;;/h2*1-11H,12-21H2;4*(H,2,3,4,5);;/q;;;;;;2*+3/p-4. The van der Waals surface area contributed by atoms with E-state index in [4.69, 9.17) is 103 Å². The summed E-state index contributed by atoms with van der Waals surface area (Å²) in [5.74, 6) is 0. The number of halogens is 4. The normalized spacial score (nSPS) is 15.7. The van der Waals surface area contributed by atoms with E-state index in [1.54, 1.807) is 0 Å². The summed E-state index contributed by atoms with van der Waals surface area (Å²) in [5.41, 5.74) is 8.42. The summed E-state index contributed by atoms with van der Waals surface area (Å²) in [7, 11) is -19.8. The maximum Gasteiger partial charge on any atom is 3.00 e. The van der Waals surface area contributed by atoms with Gasteiger partial charge in [-0.1, -0.05) is 36.4 Å². The van der Waals surface area contributed by atoms with Gasteiger partial charge >= 0.3 is 34.1 Å². The molecule has 0 fully saturated rings. The summed E-state index contributed by atoms with van der Waals surface area (Å²) in [6.07, 6.45) is 7.36. The summed E-state index contributed by atoms with van der Waals surface area (Å²) in [6, 6.07) is 36.7. The molecule has 86 heavy (non-hydrogen) atoms. The smallest absolute Gasteiger partial charge is 0.378 e. The van der Waals surface area contributed by atoms with Gasteiger partial charge in [-0.15, -0.1) is 41.0 Å². The van der Waals surface area contributed by atoms with E-state index < -0.39 is 41.0 Å². The number of hydrogen-bond donors (Lipinski definition) is 0. The first-order chi connectivity index (χ1) is 39.7. The predicted molar refractivity (Wildman–Crippen MR) is 245 cm³/mol. The minimum atomic E-state index is -4.94. The van der Waals surface area contributed by atoms with E-state index in [1.165, 1.54) is 0 Å². The molecule has 8 heterocycles. The zero-order valence-electron chi connectivity index (χ0n) is 45.7. The quantitative estimate of drug-likeness (QED) is 0.128. The average Bonchev–Trinajstić information content (AvgIpc) is 3.50. The van der Waals surface area contributed by atoms with Crippen molar-refractivity contribution in [2.75, 3.05) is 79.0 Å². The Labute approximate surface area is 526 Å². The van der Waals surface area contributed by atoms with Crippen molar-refractivity contribution in [3.8, 4) is 0 Å². The maximum absolute atomic E-state index is 8.49. The molecule has 36 heteroatoms. The van der Waals surface area contributed by atoms with Gasteiger partial charge in [0.25, 0.3) is 0 Å². The van der Waals surface area contributed by atoms with Crippen LogP contribution in [0.1, 0.15) is 45.6 Å². The first-order valence-corrected chi connectivity index (χ1v) is 29.8. The Hall–Kier alpha value is -3.86. The van der Waals surface area contributed by atoms with Crippen LogP contribution in [0.15, 0.2) is 134 Å². The summed E-state index contributed by atoms with van der Waals surface area (Å²) in [4.78, 5) is 37.2. The molecule has 0 N–H and O–H groups in total. The number of fused-ring (bicyclic) bond motifs is 4. The molecule has 0 unspecified atom stereocenters. The molecule has 2 aliphatic rings. The van der Waals surface area contributed by atoms with E-state index in [1.807, 2.05) is 73.3 Å². The van der Waals surface area contributed by atoms with Gasteiger partial charge in [0.15, 0.2) is 0 Å². The summed E-state index contributed by atoms with van der Waals surface area (Å²) < 4.78 is 159. The van der Waals surface area contributed by atoms with Crippen LogP contribution in [0, 0.1) is 41.0 Å². The van der Waals surface area contributed by atoms with E-state index in [2.05, 4.69) is 100 Å². The van der Waals surface area contributed by atoms with Crippen molar-refractivity contribution in [3.63, 3.8) is 0 Å². The van der Waals surface area contributed by atoms with Gasteiger partial charge < -0.3 is 18.9 Å². The molecule has 2 aliphatic heterocycles. The maximum atomic E-state index is 8.49. The Morgan fingerprint density at radius 3 is 0.663 bits per heavy atom. The van der Waals surface area contributed by atoms with Gasteiger partial charge in [0.05, 0.1) is 98.4 Å². The van der Waals surface area contributed by atoms with Crippen molar-refractivity contribution in [2.24, 2.45) is 0 Å². The molecule has 2 radical (unpaired) electrons. The van der Waals surface area contributed by atoms with E-state index >= 15 is 0 Å². The molecule has 6 aromatic heterocycles. The molecule has 0 spiro atoms. The minimum Gasteiger partial charge on any atom is -0.378 e. The molecule has 0 atom stereocenters. The van der Waals surface area contributed by atoms with Crippen LogP contribution in [0.5, 0.6) is 0 Å². The van der Waals surface area contributed by atoms with Crippen LogP contribution in [-0.4, -0.2) is 129 Å². The number of pyridine rings is 6. The van der Waals surface area contributed by atoms with Gasteiger partial charge in [-0.2, -0.15) is 0 Å². The number of aromatic nitrogens is 6. The van der Waals surface area contributed by atoms with Crippen molar-refractivity contribution in [1.29, 1.82) is 0 Å². The molecule has 8 rings (SSSR count). The SMILES string of the molecule is [Fe+3].[Fe+3].[O-][Cl+3]([O-])([O-])[O-].[O-][Cl+3]([O-])([O-])[O-].[O-][Cl+3]([O-])([O-])[O-].[O-][Cl+3]([O-])([O-])[O-].c1ccc(CN2CCOCCOCCN(Cc3ccccn3)Cc3cccc(n3)C2)nc1.c1ccc(CN2CCOCCOCCN(Cc3ccccn3)Cc3cccc(n3)C2)nc1. The molecule has 6 aromatic rings. The van der Waals surface area contributed by atoms with Crippen LogP contribution in [0.25, 0.3) is 0 Å². The number of rotatable bonds is 8. The van der Waals surface area contributed by atoms with E-state index in [9.17, 15) is 0 Å². The Morgan fingerprint density at radius 2 is 0.488 bits per heavy atom. The van der Waals surface area contributed by atoms with Crippen molar-refractivity contribution in [3.05, 3.63) is 180 Å². The number of hydrogen-bond acceptors (Lipinski definition) is 30. The first-order valence-electron chi connectivity index (χ1n) is 24.9. The third-order valence-electron chi connectivity index (χ3n) is 10.7. The average molecular weight is 1380 g/mol. The topological polar surface area (TPSA) is 496 Å². The fourth-order valence-electron chi connectivity index (χ4n) is 7.48. The van der Waals surface area contributed by atoms with Crippen molar-refractivity contribution >= 4 is 0 Å². The predicted octanol–water partition coefficient (Wildman–Crippen LogP) is -13.2. The number of nitrogens with zero attached hydrogens (tertiary/aromatic N) is 10. The van der Waals surface area contributed by atoms with Crippen molar-refractivity contribution in [1.82, 2.24) is 49.5 Å². The van der Waals surface area contributed by atoms with Gasteiger partial charge in [0.1, 0.15) is 0 Å². The van der Waals surface area contributed by atoms with Crippen molar-refractivity contribution < 1.29 is 169 Å². The van der Waals surface area contributed by atoms with Gasteiger partial charge in [-0.3, -0.25) is 49.5 Å². The van der Waals surface area contributed by atoms with E-state index in [0.717, 1.165) is 124 Å². The van der Waals surface area contributed by atoms with Crippen LogP contribution in [0.2, 0.25) is 0 Å². The van der Waals surface area contributed by atoms with Gasteiger partial charge in [0.2, 0.25) is 0 Å². The van der Waals surface area contributed by atoms with Gasteiger partial charge in [0, 0.05) is 103 Å². The molecule has 0 saturated carbocycles. The molecule has 0 aliphatic carbocycles. The Kier molecular flexibility index (Phi) is 41.5. The van der Waals surface area contributed by atoms with Gasteiger partial charge in [-0.25, -0.2) is 74.5 Å². The first kappa shape index (κ1) is 80.2. The fourth-order valence-corrected chi connectivity index (χ4v) is 7.48. The Balaban J connectivity index is 0.000000642. The summed E-state index contributed by atoms with van der Waals surface area (Å²) >= 11 is 0. The monoisotopic (exact) mass is 1370 g/mol. The Bertz CT molecular complexity index is 2250. The largest absolute Gasteiger partial charge is 3.00 e. The minimum absolute atomic E-state index is 0. The third-order valence-corrected chi connectivity index (χ3v) is 10.7. The van der Waals surface area contributed by atoms with Crippen LogP contribution < -0.4 is 74.5 Å². The van der Waals surface area contributed by atoms with E-state index in [-0.39, 0.29) is 34.1 Å². The number of ether oxygens (including phenoxy) is 4. The Morgan fingerprint density at radius 1 is 0.291 bits per heavy atom. The molecule has 474 valence electrons. The van der Waals surface area contributed by atoms with Crippen LogP contribution in [0.4, 0.5) is 0 Å². The zero-order valence-corrected chi connectivity index (χ0v) is 50.9. The van der Waals surface area contributed by atoms with Gasteiger partial charge in [-0.05, 0) is 72.8 Å². The second-order valence-corrected chi connectivity index (χ2v) is 20.4. The molecule has 4 bridgehead atoms. The van der Waals surface area contributed by atoms with E-state index in [0.29, 0.717) is 52.9 Å². The molecule has 0 amide bonds. The van der Waals surface area contributed by atoms with Crippen LogP contribution in [-0.2, 0) is 105 Å². The summed E-state index contributed by atoms with van der Waals surface area (Å²) in [5, 5.41) is 0. The fraction of sp³-hybridized carbons (Fsp3) is 0.400. The molecule has 0 aromatic carbocycles.